The lowest BCUT2D eigenvalue weighted by Crippen LogP contribution is -2.38. The van der Waals surface area contributed by atoms with Crippen LogP contribution in [0.15, 0.2) is 30.7 Å². The molecule has 0 spiro atoms. The van der Waals surface area contributed by atoms with Gasteiger partial charge < -0.3 is 19.7 Å². The van der Waals surface area contributed by atoms with Gasteiger partial charge in [0.05, 0.1) is 42.1 Å². The second-order valence-corrected chi connectivity index (χ2v) is 10.5. The molecule has 10 nitrogen and oxygen atoms in total. The normalized spacial score (nSPS) is 16.5. The van der Waals surface area contributed by atoms with Crippen LogP contribution < -0.4 is 10.2 Å². The van der Waals surface area contributed by atoms with E-state index in [0.29, 0.717) is 36.3 Å². The lowest BCUT2D eigenvalue weighted by molar-refractivity contribution is 0.0502. The molecule has 4 rings (SSSR count). The van der Waals surface area contributed by atoms with E-state index in [0.717, 1.165) is 24.2 Å². The number of ether oxygens (including phenoxy) is 2. The number of nitrogens with one attached hydrogen (secondary N) is 1. The Labute approximate surface area is 221 Å². The van der Waals surface area contributed by atoms with Crippen LogP contribution in [-0.4, -0.2) is 56.4 Å². The monoisotopic (exact) mass is 526 g/mol. The number of aromatic nitrogens is 4. The number of pyridine rings is 1. The molecule has 11 heteroatoms. The minimum atomic E-state index is -0.578. The van der Waals surface area contributed by atoms with Crippen LogP contribution in [0, 0.1) is 5.82 Å². The number of rotatable bonds is 8. The minimum absolute atomic E-state index is 0.121. The van der Waals surface area contributed by atoms with Crippen molar-refractivity contribution in [1.82, 2.24) is 24.9 Å². The number of nitrogens with zero attached hydrogens (tertiary/aromatic N) is 5. The van der Waals surface area contributed by atoms with Crippen LogP contribution in [0.4, 0.5) is 14.9 Å². The Hall–Kier alpha value is -3.76. The summed E-state index contributed by atoms with van der Waals surface area (Å²) in [6.07, 6.45) is 6.83. The van der Waals surface area contributed by atoms with Gasteiger partial charge in [-0.2, -0.15) is 5.10 Å². The van der Waals surface area contributed by atoms with Crippen LogP contribution in [0.5, 0.6) is 0 Å². The molecule has 0 aromatic carbocycles. The summed E-state index contributed by atoms with van der Waals surface area (Å²) in [4.78, 5) is 35.8. The Kier molecular flexibility index (Phi) is 8.13. The molecular formula is C27H35FN6O4. The Morgan fingerprint density at radius 1 is 1.29 bits per heavy atom. The number of carbonyl (C=O) groups is 2. The first-order chi connectivity index (χ1) is 18.1. The highest BCUT2D eigenvalue weighted by Crippen LogP contribution is 2.37. The van der Waals surface area contributed by atoms with E-state index >= 15 is 0 Å². The summed E-state index contributed by atoms with van der Waals surface area (Å²) in [5.74, 6) is -0.890. The second-order valence-electron chi connectivity index (χ2n) is 10.5. The van der Waals surface area contributed by atoms with E-state index in [2.05, 4.69) is 20.3 Å². The largest absolute Gasteiger partial charge is 0.462 e. The summed E-state index contributed by atoms with van der Waals surface area (Å²) in [5.41, 5.74) is 2.36. The van der Waals surface area contributed by atoms with Crippen molar-refractivity contribution >= 4 is 23.4 Å². The van der Waals surface area contributed by atoms with Gasteiger partial charge in [-0.15, -0.1) is 0 Å². The molecule has 1 N–H and O–H groups in total. The number of hydrogen-bond donors (Lipinski definition) is 1. The first-order valence-corrected chi connectivity index (χ1v) is 13.0. The predicted molar refractivity (Wildman–Crippen MR) is 140 cm³/mol. The molecule has 0 aliphatic carbocycles. The molecule has 204 valence electrons. The molecule has 1 fully saturated rings. The standard InChI is InChI=1S/C27H35FN6O4/c1-6-37-25(35)19-16-30-34-13-11-21(32-24(19)34)22-8-7-12-33(22)23-14-18(28)15-29-20(23)10-9-17(2)31-26(36)38-27(3,4)5/h11,13-17,22H,6-10,12H2,1-5H3,(H,31,36)/t17-,22?/m1/s1. The number of esters is 1. The third kappa shape index (κ3) is 6.38. The average molecular weight is 527 g/mol. The summed E-state index contributed by atoms with van der Waals surface area (Å²) in [6, 6.07) is 3.10. The number of halogens is 1. The minimum Gasteiger partial charge on any atom is -0.462 e. The van der Waals surface area contributed by atoms with E-state index < -0.39 is 23.5 Å². The SMILES string of the molecule is CCOC(=O)c1cnn2ccc(C3CCCN3c3cc(F)cnc3CC[C@@H](C)NC(=O)OC(C)(C)C)nc12. The highest BCUT2D eigenvalue weighted by molar-refractivity contribution is 5.95. The van der Waals surface area contributed by atoms with Crippen LogP contribution in [0.1, 0.15) is 81.7 Å². The molecule has 1 amide bonds. The predicted octanol–water partition coefficient (Wildman–Crippen LogP) is 4.63. The topological polar surface area (TPSA) is 111 Å². The first-order valence-electron chi connectivity index (χ1n) is 13.0. The maximum absolute atomic E-state index is 14.4. The Morgan fingerprint density at radius 3 is 2.82 bits per heavy atom. The van der Waals surface area contributed by atoms with Gasteiger partial charge in [0.2, 0.25) is 0 Å². The molecule has 4 heterocycles. The van der Waals surface area contributed by atoms with Crippen molar-refractivity contribution in [2.45, 2.75) is 78.0 Å². The number of amides is 1. The molecule has 1 aliphatic rings. The van der Waals surface area contributed by atoms with Gasteiger partial charge in [0.15, 0.2) is 5.65 Å². The number of hydrogen-bond acceptors (Lipinski definition) is 8. The van der Waals surface area contributed by atoms with Crippen LogP contribution >= 0.6 is 0 Å². The molecule has 3 aromatic heterocycles. The number of fused-ring (bicyclic) bond motifs is 1. The Bertz CT molecular complexity index is 1300. The molecule has 38 heavy (non-hydrogen) atoms. The maximum atomic E-state index is 14.4. The number of alkyl carbamates (subject to hydrolysis) is 1. The Balaban J connectivity index is 1.54. The number of aryl methyl sites for hydroxylation is 1. The molecule has 0 saturated carbocycles. The zero-order valence-corrected chi connectivity index (χ0v) is 22.5. The number of anilines is 1. The average Bonchev–Trinajstić information content (AvgIpc) is 3.49. The third-order valence-electron chi connectivity index (χ3n) is 6.28. The number of carbonyl (C=O) groups excluding carboxylic acids is 2. The third-order valence-corrected chi connectivity index (χ3v) is 6.28. The van der Waals surface area contributed by atoms with E-state index in [1.54, 1.807) is 17.6 Å². The molecule has 0 bridgehead atoms. The van der Waals surface area contributed by atoms with E-state index in [1.165, 1.54) is 18.5 Å². The van der Waals surface area contributed by atoms with Crippen molar-refractivity contribution in [2.24, 2.45) is 0 Å². The second kappa shape index (κ2) is 11.3. The van der Waals surface area contributed by atoms with E-state index in [-0.39, 0.29) is 18.7 Å². The fourth-order valence-corrected chi connectivity index (χ4v) is 4.62. The smallest absolute Gasteiger partial charge is 0.407 e. The van der Waals surface area contributed by atoms with Gasteiger partial charge in [-0.3, -0.25) is 4.98 Å². The van der Waals surface area contributed by atoms with Gasteiger partial charge in [0, 0.05) is 24.8 Å². The van der Waals surface area contributed by atoms with E-state index in [9.17, 15) is 14.0 Å². The summed E-state index contributed by atoms with van der Waals surface area (Å²) < 4.78 is 26.4. The molecule has 3 aromatic rings. The van der Waals surface area contributed by atoms with Crippen molar-refractivity contribution < 1.29 is 23.5 Å². The van der Waals surface area contributed by atoms with Crippen molar-refractivity contribution in [2.75, 3.05) is 18.1 Å². The quantitative estimate of drug-likeness (QED) is 0.423. The van der Waals surface area contributed by atoms with Crippen molar-refractivity contribution in [3.8, 4) is 0 Å². The van der Waals surface area contributed by atoms with Crippen LogP contribution in [0.2, 0.25) is 0 Å². The van der Waals surface area contributed by atoms with Crippen LogP contribution in [0.25, 0.3) is 5.65 Å². The molecule has 1 saturated heterocycles. The van der Waals surface area contributed by atoms with Gasteiger partial charge in [-0.05, 0) is 66.4 Å². The summed E-state index contributed by atoms with van der Waals surface area (Å²) in [5, 5.41) is 7.06. The van der Waals surface area contributed by atoms with Gasteiger partial charge in [-0.1, -0.05) is 0 Å². The van der Waals surface area contributed by atoms with Gasteiger partial charge in [-0.25, -0.2) is 23.5 Å². The van der Waals surface area contributed by atoms with Crippen molar-refractivity contribution in [3.05, 3.63) is 53.5 Å². The molecular weight excluding hydrogens is 491 g/mol. The van der Waals surface area contributed by atoms with Crippen molar-refractivity contribution in [3.63, 3.8) is 0 Å². The summed E-state index contributed by atoms with van der Waals surface area (Å²) in [7, 11) is 0. The molecule has 0 radical (unpaired) electrons. The fraction of sp³-hybridized carbons (Fsp3) is 0.519. The van der Waals surface area contributed by atoms with Crippen molar-refractivity contribution in [1.29, 1.82) is 0 Å². The lowest BCUT2D eigenvalue weighted by Gasteiger charge is -2.28. The van der Waals surface area contributed by atoms with Gasteiger partial charge >= 0.3 is 12.1 Å². The first kappa shape index (κ1) is 27.3. The summed E-state index contributed by atoms with van der Waals surface area (Å²) >= 11 is 0. The zero-order chi connectivity index (χ0) is 27.4. The molecule has 1 unspecified atom stereocenters. The van der Waals surface area contributed by atoms with Gasteiger partial charge in [0.25, 0.3) is 0 Å². The highest BCUT2D eigenvalue weighted by atomic mass is 19.1. The van der Waals surface area contributed by atoms with E-state index in [4.69, 9.17) is 14.5 Å². The summed E-state index contributed by atoms with van der Waals surface area (Å²) in [6.45, 7) is 10.1. The molecule has 1 aliphatic heterocycles. The van der Waals surface area contributed by atoms with Crippen LogP contribution in [-0.2, 0) is 15.9 Å². The van der Waals surface area contributed by atoms with Gasteiger partial charge in [0.1, 0.15) is 17.0 Å². The van der Waals surface area contributed by atoms with Crippen LogP contribution in [0.3, 0.4) is 0 Å². The lowest BCUT2D eigenvalue weighted by atomic mass is 10.1. The highest BCUT2D eigenvalue weighted by Gasteiger charge is 2.30. The zero-order valence-electron chi connectivity index (χ0n) is 22.5. The maximum Gasteiger partial charge on any atom is 0.407 e. The molecule has 2 atom stereocenters. The Morgan fingerprint density at radius 2 is 2.08 bits per heavy atom. The fourth-order valence-electron chi connectivity index (χ4n) is 4.62. The van der Waals surface area contributed by atoms with E-state index in [1.807, 2.05) is 33.8 Å².